The van der Waals surface area contributed by atoms with Crippen molar-refractivity contribution in [2.75, 3.05) is 30.9 Å². The number of nitrogens with one attached hydrogen (secondary N) is 2. The molecule has 1 aliphatic heterocycles. The fraction of sp³-hybridized carbons (Fsp3) is 0.300. The van der Waals surface area contributed by atoms with Gasteiger partial charge < -0.3 is 15.0 Å². The number of halogens is 1. The first kappa shape index (κ1) is 18.8. The molecule has 0 fully saturated rings. The van der Waals surface area contributed by atoms with Gasteiger partial charge in [0.15, 0.2) is 17.6 Å². The van der Waals surface area contributed by atoms with Crippen LogP contribution in [0.4, 0.5) is 15.8 Å². The standard InChI is InChI=1S/C20H22FN3O3/c1-13(23(2)11-14-8-9-18(27-3)15(21)10-14)20(26)24-12-19(25)22-16-6-4-5-7-17(16)24/h4-10,13H,11-12H2,1-3H3,(H,22,25)/p+1/t13-/m0/s1. The molecule has 7 heteroatoms. The molecule has 0 saturated heterocycles. The number of amides is 2. The number of rotatable bonds is 5. The number of carbonyl (C=O) groups excluding carboxylic acids is 2. The lowest BCUT2D eigenvalue weighted by Crippen LogP contribution is -3.12. The zero-order valence-electron chi connectivity index (χ0n) is 15.6. The first-order valence-corrected chi connectivity index (χ1v) is 8.75. The summed E-state index contributed by atoms with van der Waals surface area (Å²) in [6.45, 7) is 2.27. The lowest BCUT2D eigenvalue weighted by atomic mass is 10.1. The second-order valence-electron chi connectivity index (χ2n) is 6.70. The summed E-state index contributed by atoms with van der Waals surface area (Å²) in [5.41, 5.74) is 2.09. The molecule has 3 rings (SSSR count). The molecule has 0 bridgehead atoms. The van der Waals surface area contributed by atoms with E-state index in [1.807, 2.05) is 32.2 Å². The Bertz CT molecular complexity index is 871. The lowest BCUT2D eigenvalue weighted by Gasteiger charge is -2.32. The topological polar surface area (TPSA) is 63.1 Å². The van der Waals surface area contributed by atoms with E-state index in [2.05, 4.69) is 5.32 Å². The summed E-state index contributed by atoms with van der Waals surface area (Å²) in [6.07, 6.45) is 0. The van der Waals surface area contributed by atoms with E-state index >= 15 is 0 Å². The van der Waals surface area contributed by atoms with Gasteiger partial charge in [0.1, 0.15) is 13.1 Å². The zero-order valence-corrected chi connectivity index (χ0v) is 15.6. The largest absolute Gasteiger partial charge is 0.494 e. The van der Waals surface area contributed by atoms with E-state index in [1.165, 1.54) is 18.1 Å². The molecule has 2 amide bonds. The van der Waals surface area contributed by atoms with Crippen molar-refractivity contribution in [3.63, 3.8) is 0 Å². The van der Waals surface area contributed by atoms with Crippen molar-refractivity contribution in [3.05, 3.63) is 53.8 Å². The second-order valence-corrected chi connectivity index (χ2v) is 6.70. The third kappa shape index (κ3) is 3.93. The number of nitrogens with zero attached hydrogens (tertiary/aromatic N) is 1. The van der Waals surface area contributed by atoms with Crippen molar-refractivity contribution in [1.29, 1.82) is 0 Å². The number of hydrogen-bond donors (Lipinski definition) is 2. The summed E-state index contributed by atoms with van der Waals surface area (Å²) >= 11 is 0. The van der Waals surface area contributed by atoms with E-state index in [0.717, 1.165) is 10.5 Å². The predicted molar refractivity (Wildman–Crippen MR) is 100 cm³/mol. The molecule has 0 saturated carbocycles. The van der Waals surface area contributed by atoms with Crippen LogP contribution in [0.25, 0.3) is 0 Å². The van der Waals surface area contributed by atoms with Gasteiger partial charge in [0.25, 0.3) is 5.91 Å². The molecule has 1 heterocycles. The molecule has 27 heavy (non-hydrogen) atoms. The van der Waals surface area contributed by atoms with E-state index < -0.39 is 11.9 Å². The van der Waals surface area contributed by atoms with Gasteiger partial charge in [-0.15, -0.1) is 0 Å². The fourth-order valence-corrected chi connectivity index (χ4v) is 3.17. The minimum absolute atomic E-state index is 0.00929. The van der Waals surface area contributed by atoms with Crippen LogP contribution in [0.2, 0.25) is 0 Å². The van der Waals surface area contributed by atoms with Gasteiger partial charge in [-0.2, -0.15) is 0 Å². The Morgan fingerprint density at radius 1 is 1.33 bits per heavy atom. The molecule has 6 nitrogen and oxygen atoms in total. The summed E-state index contributed by atoms with van der Waals surface area (Å²) in [4.78, 5) is 27.4. The number of methoxy groups -OCH3 is 1. The number of quaternary nitrogens is 1. The maximum atomic E-state index is 13.9. The fourth-order valence-electron chi connectivity index (χ4n) is 3.17. The second kappa shape index (κ2) is 7.75. The minimum atomic E-state index is -0.427. The quantitative estimate of drug-likeness (QED) is 0.830. The third-order valence-electron chi connectivity index (χ3n) is 4.85. The number of fused-ring (bicyclic) bond motifs is 1. The predicted octanol–water partition coefficient (Wildman–Crippen LogP) is 1.22. The first-order chi connectivity index (χ1) is 12.9. The van der Waals surface area contributed by atoms with Gasteiger partial charge in [-0.1, -0.05) is 12.1 Å². The van der Waals surface area contributed by atoms with Crippen LogP contribution in [0.3, 0.4) is 0 Å². The Hall–Kier alpha value is -2.93. The molecular weight excluding hydrogens is 349 g/mol. The van der Waals surface area contributed by atoms with Crippen molar-refractivity contribution >= 4 is 23.2 Å². The molecule has 2 aromatic carbocycles. The van der Waals surface area contributed by atoms with E-state index in [4.69, 9.17) is 4.74 Å². The van der Waals surface area contributed by atoms with E-state index in [0.29, 0.717) is 17.9 Å². The Labute approximate surface area is 157 Å². The molecule has 0 radical (unpaired) electrons. The van der Waals surface area contributed by atoms with Gasteiger partial charge in [0, 0.05) is 5.56 Å². The van der Waals surface area contributed by atoms with Gasteiger partial charge in [-0.25, -0.2) is 4.39 Å². The highest BCUT2D eigenvalue weighted by molar-refractivity contribution is 6.10. The molecule has 2 aromatic rings. The molecule has 0 aliphatic carbocycles. The number of likely N-dealkylation sites (N-methyl/N-ethyl adjacent to an activating group) is 1. The first-order valence-electron chi connectivity index (χ1n) is 8.75. The number of para-hydroxylation sites is 2. The van der Waals surface area contributed by atoms with Gasteiger partial charge in [0.2, 0.25) is 5.91 Å². The normalized spacial score (nSPS) is 15.6. The van der Waals surface area contributed by atoms with Gasteiger partial charge in [-0.05, 0) is 37.3 Å². The van der Waals surface area contributed by atoms with Gasteiger partial charge in [-0.3, -0.25) is 14.5 Å². The van der Waals surface area contributed by atoms with Crippen LogP contribution < -0.4 is 19.9 Å². The Morgan fingerprint density at radius 2 is 2.07 bits per heavy atom. The molecule has 0 aromatic heterocycles. The average molecular weight is 372 g/mol. The Kier molecular flexibility index (Phi) is 5.41. The van der Waals surface area contributed by atoms with Crippen molar-refractivity contribution in [2.45, 2.75) is 19.5 Å². The lowest BCUT2D eigenvalue weighted by molar-refractivity contribution is -0.908. The van der Waals surface area contributed by atoms with Crippen molar-refractivity contribution in [3.8, 4) is 5.75 Å². The maximum absolute atomic E-state index is 13.9. The van der Waals surface area contributed by atoms with E-state index in [-0.39, 0.29) is 24.1 Å². The molecule has 142 valence electrons. The number of anilines is 2. The van der Waals surface area contributed by atoms with Crippen molar-refractivity contribution in [1.82, 2.24) is 0 Å². The van der Waals surface area contributed by atoms with Crippen LogP contribution in [0.5, 0.6) is 5.75 Å². The van der Waals surface area contributed by atoms with Crippen molar-refractivity contribution < 1.29 is 23.6 Å². The number of hydrogen-bond acceptors (Lipinski definition) is 3. The molecule has 1 aliphatic rings. The summed E-state index contributed by atoms with van der Waals surface area (Å²) < 4.78 is 18.8. The van der Waals surface area contributed by atoms with Crippen LogP contribution in [0, 0.1) is 5.82 Å². The Balaban J connectivity index is 1.75. The molecule has 1 unspecified atom stereocenters. The summed E-state index contributed by atoms with van der Waals surface area (Å²) in [6, 6.07) is 11.6. The summed E-state index contributed by atoms with van der Waals surface area (Å²) in [7, 11) is 3.30. The molecular formula is C20H23FN3O3+. The van der Waals surface area contributed by atoms with E-state index in [1.54, 1.807) is 18.2 Å². The summed E-state index contributed by atoms with van der Waals surface area (Å²) in [5.74, 6) is -0.604. The van der Waals surface area contributed by atoms with Crippen LogP contribution in [-0.4, -0.2) is 38.6 Å². The van der Waals surface area contributed by atoms with Crippen LogP contribution in [0.15, 0.2) is 42.5 Å². The Morgan fingerprint density at radius 3 is 2.78 bits per heavy atom. The van der Waals surface area contributed by atoms with Crippen LogP contribution >= 0.6 is 0 Å². The highest BCUT2D eigenvalue weighted by atomic mass is 19.1. The van der Waals surface area contributed by atoms with Gasteiger partial charge >= 0.3 is 0 Å². The monoisotopic (exact) mass is 372 g/mol. The molecule has 2 N–H and O–H groups in total. The summed E-state index contributed by atoms with van der Waals surface area (Å²) in [5, 5.41) is 2.78. The highest BCUT2D eigenvalue weighted by Gasteiger charge is 2.33. The highest BCUT2D eigenvalue weighted by Crippen LogP contribution is 2.29. The number of benzene rings is 2. The van der Waals surface area contributed by atoms with E-state index in [9.17, 15) is 14.0 Å². The van der Waals surface area contributed by atoms with Crippen LogP contribution in [-0.2, 0) is 16.1 Å². The molecule has 0 spiro atoms. The number of ether oxygens (including phenoxy) is 1. The van der Waals surface area contributed by atoms with Crippen molar-refractivity contribution in [2.24, 2.45) is 0 Å². The zero-order chi connectivity index (χ0) is 19.6. The maximum Gasteiger partial charge on any atom is 0.285 e. The molecule has 2 atom stereocenters. The third-order valence-corrected chi connectivity index (χ3v) is 4.85. The van der Waals surface area contributed by atoms with Gasteiger partial charge in [0.05, 0.1) is 25.5 Å². The average Bonchev–Trinajstić information content (AvgIpc) is 2.66. The number of carbonyl (C=O) groups is 2. The van der Waals surface area contributed by atoms with Crippen LogP contribution in [0.1, 0.15) is 12.5 Å². The SMILES string of the molecule is COc1ccc(C[NH+](C)[C@@H](C)C(=O)N2CC(=O)Nc3ccccc32)cc1F. The minimum Gasteiger partial charge on any atom is -0.494 e. The smallest absolute Gasteiger partial charge is 0.285 e.